The van der Waals surface area contributed by atoms with Crippen LogP contribution in [0.4, 0.5) is 0 Å². The van der Waals surface area contributed by atoms with Crippen molar-refractivity contribution >= 4 is 28.5 Å². The van der Waals surface area contributed by atoms with Gasteiger partial charge in [0.2, 0.25) is 0 Å². The number of pyridine rings is 1. The Morgan fingerprint density at radius 1 is 1.36 bits per heavy atom. The summed E-state index contributed by atoms with van der Waals surface area (Å²) in [5, 5.41) is 0.0179. The van der Waals surface area contributed by atoms with Gasteiger partial charge in [0.05, 0.1) is 22.6 Å². The number of hydrogen-bond acceptors (Lipinski definition) is 3. The molecule has 0 unspecified atom stereocenters. The van der Waals surface area contributed by atoms with Crippen LogP contribution in [-0.4, -0.2) is 31.9 Å². The molecule has 3 aromatic rings. The first-order valence-corrected chi connectivity index (χ1v) is 8.54. The number of aryl methyl sites for hydroxylation is 1. The minimum absolute atomic E-state index is 0.0179. The maximum absolute atomic E-state index is 12.9. The summed E-state index contributed by atoms with van der Waals surface area (Å²) in [6, 6.07) is 9.27. The van der Waals surface area contributed by atoms with E-state index >= 15 is 0 Å². The van der Waals surface area contributed by atoms with Gasteiger partial charge in [-0.15, -0.1) is 0 Å². The monoisotopic (exact) mass is 356 g/mol. The number of nitrogens with zero attached hydrogens (tertiary/aromatic N) is 3. The summed E-state index contributed by atoms with van der Waals surface area (Å²) in [5.41, 5.74) is 1.96. The summed E-state index contributed by atoms with van der Waals surface area (Å²) in [5.74, 6) is 0.732. The van der Waals surface area contributed by atoms with Gasteiger partial charge in [0, 0.05) is 19.8 Å². The summed E-state index contributed by atoms with van der Waals surface area (Å²) in [6.45, 7) is 0.656. The Hall–Kier alpha value is -2.60. The fourth-order valence-electron chi connectivity index (χ4n) is 3.49. The van der Waals surface area contributed by atoms with Crippen LogP contribution in [-0.2, 0) is 7.05 Å². The Balaban J connectivity index is 1.72. The van der Waals surface area contributed by atoms with Crippen LogP contribution in [0, 0.1) is 0 Å². The maximum Gasteiger partial charge on any atom is 0.266 e. The van der Waals surface area contributed by atoms with E-state index in [0.29, 0.717) is 12.1 Å². The molecule has 3 heterocycles. The Labute approximate surface area is 149 Å². The van der Waals surface area contributed by atoms with Gasteiger partial charge in [-0.1, -0.05) is 23.7 Å². The number of amides is 1. The number of halogens is 1. The van der Waals surface area contributed by atoms with Gasteiger partial charge in [-0.25, -0.2) is 4.98 Å². The zero-order valence-corrected chi connectivity index (χ0v) is 14.5. The standard InChI is InChI=1S/C18H17ClN4O2/c1-22-14-6-3-2-5-13(14)21-16(22)15-7-4-8-23(15)18(25)11-9-12(19)17(24)20-10-11/h2-3,5-6,9-10,15H,4,7-8H2,1H3,(H,20,24)/t15-/m0/s1. The summed E-state index contributed by atoms with van der Waals surface area (Å²) in [4.78, 5) is 33.4. The summed E-state index contributed by atoms with van der Waals surface area (Å²) in [6.07, 6.45) is 3.19. The van der Waals surface area contributed by atoms with Crippen LogP contribution < -0.4 is 5.56 Å². The van der Waals surface area contributed by atoms with Crippen LogP contribution >= 0.6 is 11.6 Å². The fraction of sp³-hybridized carbons (Fsp3) is 0.278. The smallest absolute Gasteiger partial charge is 0.266 e. The first-order chi connectivity index (χ1) is 12.1. The molecule has 2 aromatic heterocycles. The summed E-state index contributed by atoms with van der Waals surface area (Å²) in [7, 11) is 1.97. The van der Waals surface area contributed by atoms with Gasteiger partial charge in [-0.05, 0) is 31.0 Å². The lowest BCUT2D eigenvalue weighted by molar-refractivity contribution is 0.0728. The van der Waals surface area contributed by atoms with Gasteiger partial charge in [0.15, 0.2) is 0 Å². The lowest BCUT2D eigenvalue weighted by Gasteiger charge is -2.24. The molecule has 7 heteroatoms. The van der Waals surface area contributed by atoms with Crippen LogP contribution in [0.3, 0.4) is 0 Å². The molecule has 1 N–H and O–H groups in total. The van der Waals surface area contributed by atoms with Crippen molar-refractivity contribution in [1.82, 2.24) is 19.4 Å². The number of rotatable bonds is 2. The predicted molar refractivity (Wildman–Crippen MR) is 95.8 cm³/mol. The third-order valence-electron chi connectivity index (χ3n) is 4.74. The van der Waals surface area contributed by atoms with Gasteiger partial charge in [0.25, 0.3) is 11.5 Å². The topological polar surface area (TPSA) is 71.0 Å². The number of para-hydroxylation sites is 2. The molecule has 0 saturated carbocycles. The summed E-state index contributed by atoms with van der Waals surface area (Å²) < 4.78 is 2.05. The van der Waals surface area contributed by atoms with E-state index in [1.165, 1.54) is 12.3 Å². The first-order valence-electron chi connectivity index (χ1n) is 8.17. The minimum Gasteiger partial charge on any atom is -0.329 e. The number of aromatic amines is 1. The Kier molecular flexibility index (Phi) is 3.84. The number of nitrogens with one attached hydrogen (secondary N) is 1. The number of carbonyl (C=O) groups excluding carboxylic acids is 1. The van der Waals surface area contributed by atoms with Crippen molar-refractivity contribution in [1.29, 1.82) is 0 Å². The van der Waals surface area contributed by atoms with E-state index in [2.05, 4.69) is 4.98 Å². The zero-order chi connectivity index (χ0) is 17.6. The van der Waals surface area contributed by atoms with Gasteiger partial charge >= 0.3 is 0 Å². The van der Waals surface area contributed by atoms with E-state index < -0.39 is 5.56 Å². The normalized spacial score (nSPS) is 17.4. The molecule has 128 valence electrons. The largest absolute Gasteiger partial charge is 0.329 e. The SMILES string of the molecule is Cn1c([C@@H]2CCCN2C(=O)c2c[nH]c(=O)c(Cl)c2)nc2ccccc21. The molecule has 4 rings (SSSR count). The molecular formula is C18H17ClN4O2. The molecule has 1 atom stereocenters. The molecule has 0 aliphatic carbocycles. The van der Waals surface area contributed by atoms with Gasteiger partial charge < -0.3 is 14.5 Å². The second-order valence-electron chi connectivity index (χ2n) is 6.24. The zero-order valence-electron chi connectivity index (χ0n) is 13.7. The van der Waals surface area contributed by atoms with Crippen molar-refractivity contribution in [2.24, 2.45) is 7.05 Å². The average Bonchev–Trinajstić information content (AvgIpc) is 3.22. The van der Waals surface area contributed by atoms with Crippen LogP contribution in [0.1, 0.15) is 35.1 Å². The number of hydrogen-bond donors (Lipinski definition) is 1. The Morgan fingerprint density at radius 3 is 2.92 bits per heavy atom. The highest BCUT2D eigenvalue weighted by Crippen LogP contribution is 2.34. The Bertz CT molecular complexity index is 1020. The fourth-order valence-corrected chi connectivity index (χ4v) is 3.66. The van der Waals surface area contributed by atoms with Gasteiger partial charge in [-0.3, -0.25) is 9.59 Å². The molecule has 1 aliphatic rings. The van der Waals surface area contributed by atoms with Crippen molar-refractivity contribution in [3.05, 3.63) is 63.3 Å². The number of benzene rings is 1. The van der Waals surface area contributed by atoms with E-state index in [4.69, 9.17) is 16.6 Å². The van der Waals surface area contributed by atoms with Crippen LogP contribution in [0.2, 0.25) is 5.02 Å². The highest BCUT2D eigenvalue weighted by molar-refractivity contribution is 6.30. The van der Waals surface area contributed by atoms with E-state index in [1.54, 1.807) is 0 Å². The van der Waals surface area contributed by atoms with Crippen LogP contribution in [0.5, 0.6) is 0 Å². The molecule has 0 spiro atoms. The van der Waals surface area contributed by atoms with Crippen LogP contribution in [0.15, 0.2) is 41.3 Å². The third-order valence-corrected chi connectivity index (χ3v) is 5.02. The van der Waals surface area contributed by atoms with Crippen molar-refractivity contribution in [3.8, 4) is 0 Å². The van der Waals surface area contributed by atoms with E-state index in [9.17, 15) is 9.59 Å². The van der Waals surface area contributed by atoms with Crippen molar-refractivity contribution in [2.75, 3.05) is 6.54 Å². The number of carbonyl (C=O) groups is 1. The molecular weight excluding hydrogens is 340 g/mol. The van der Waals surface area contributed by atoms with E-state index in [1.807, 2.05) is 40.8 Å². The molecule has 0 bridgehead atoms. The van der Waals surface area contributed by atoms with Gasteiger partial charge in [0.1, 0.15) is 10.8 Å². The lowest BCUT2D eigenvalue weighted by atomic mass is 10.2. The molecule has 0 radical (unpaired) electrons. The van der Waals surface area contributed by atoms with Crippen molar-refractivity contribution in [2.45, 2.75) is 18.9 Å². The summed E-state index contributed by atoms with van der Waals surface area (Å²) >= 11 is 5.87. The second kappa shape index (κ2) is 6.04. The molecule has 6 nitrogen and oxygen atoms in total. The van der Waals surface area contributed by atoms with Gasteiger partial charge in [-0.2, -0.15) is 0 Å². The third kappa shape index (κ3) is 2.62. The number of H-pyrrole nitrogens is 1. The quantitative estimate of drug-likeness (QED) is 0.767. The second-order valence-corrected chi connectivity index (χ2v) is 6.65. The maximum atomic E-state index is 12.9. The number of likely N-dealkylation sites (tertiary alicyclic amines) is 1. The minimum atomic E-state index is -0.397. The van der Waals surface area contributed by atoms with Crippen LogP contribution in [0.25, 0.3) is 11.0 Å². The average molecular weight is 357 g/mol. The number of imidazole rings is 1. The van der Waals surface area contributed by atoms with E-state index in [-0.39, 0.29) is 17.0 Å². The highest BCUT2D eigenvalue weighted by Gasteiger charge is 2.33. The van der Waals surface area contributed by atoms with Crippen molar-refractivity contribution in [3.63, 3.8) is 0 Å². The predicted octanol–water partition coefficient (Wildman–Crippen LogP) is 2.89. The molecule has 1 saturated heterocycles. The Morgan fingerprint density at radius 2 is 2.16 bits per heavy atom. The molecule has 1 aliphatic heterocycles. The lowest BCUT2D eigenvalue weighted by Crippen LogP contribution is -2.32. The number of aromatic nitrogens is 3. The van der Waals surface area contributed by atoms with Crippen molar-refractivity contribution < 1.29 is 4.79 Å². The molecule has 1 amide bonds. The highest BCUT2D eigenvalue weighted by atomic mass is 35.5. The molecule has 25 heavy (non-hydrogen) atoms. The number of fused-ring (bicyclic) bond motifs is 1. The molecule has 1 aromatic carbocycles. The molecule has 1 fully saturated rings. The first kappa shape index (κ1) is 15.9. The van der Waals surface area contributed by atoms with E-state index in [0.717, 1.165) is 29.7 Å².